The van der Waals surface area contributed by atoms with Crippen molar-refractivity contribution in [3.63, 3.8) is 0 Å². The van der Waals surface area contributed by atoms with Crippen LogP contribution in [0.25, 0.3) is 0 Å². The lowest BCUT2D eigenvalue weighted by Gasteiger charge is -2.01. The van der Waals surface area contributed by atoms with Crippen molar-refractivity contribution in [1.82, 2.24) is 5.32 Å². The summed E-state index contributed by atoms with van der Waals surface area (Å²) >= 11 is 0. The van der Waals surface area contributed by atoms with Gasteiger partial charge in [0.05, 0.1) is 0 Å². The fourth-order valence-electron chi connectivity index (χ4n) is 1.36. The van der Waals surface area contributed by atoms with Gasteiger partial charge in [0.25, 0.3) is 0 Å². The third kappa shape index (κ3) is 4.16. The zero-order valence-electron chi connectivity index (χ0n) is 9.22. The summed E-state index contributed by atoms with van der Waals surface area (Å²) in [6.45, 7) is 1.61. The van der Waals surface area contributed by atoms with E-state index in [0.717, 1.165) is 24.9 Å². The highest BCUT2D eigenvalue weighted by Gasteiger charge is 1.96. The predicted octanol–water partition coefficient (Wildman–Crippen LogP) is 1.15. The Labute approximate surface area is 91.9 Å². The van der Waals surface area contributed by atoms with Gasteiger partial charge in [0.15, 0.2) is 0 Å². The Morgan fingerprint density at radius 2 is 2.13 bits per heavy atom. The molecule has 0 aliphatic carbocycles. The van der Waals surface area contributed by atoms with Gasteiger partial charge < -0.3 is 11.1 Å². The van der Waals surface area contributed by atoms with E-state index in [1.807, 2.05) is 19.2 Å². The third-order valence-electron chi connectivity index (χ3n) is 2.15. The van der Waals surface area contributed by atoms with Crippen LogP contribution in [-0.4, -0.2) is 20.1 Å². The Morgan fingerprint density at radius 3 is 2.87 bits per heavy atom. The molecule has 0 saturated carbocycles. The number of rotatable bonds is 4. The lowest BCUT2D eigenvalue weighted by molar-refractivity contribution is 0.818. The van der Waals surface area contributed by atoms with E-state index in [1.165, 1.54) is 5.56 Å². The molecule has 0 amide bonds. The first-order valence-electron chi connectivity index (χ1n) is 5.30. The van der Waals surface area contributed by atoms with Crippen molar-refractivity contribution in [3.05, 3.63) is 35.4 Å². The molecule has 2 nitrogen and oxygen atoms in total. The number of nitrogens with two attached hydrogens (primary N) is 1. The van der Waals surface area contributed by atoms with Gasteiger partial charge in [-0.15, -0.1) is 0 Å². The first kappa shape index (κ1) is 11.8. The molecule has 0 spiro atoms. The Kier molecular flexibility index (Phi) is 5.54. The van der Waals surface area contributed by atoms with Gasteiger partial charge in [-0.05, 0) is 31.6 Å². The molecule has 1 aromatic carbocycles. The molecule has 0 unspecified atom stereocenters. The minimum absolute atomic E-state index is 0.676. The second-order valence-corrected chi connectivity index (χ2v) is 3.35. The highest BCUT2D eigenvalue weighted by atomic mass is 14.8. The zero-order chi connectivity index (χ0) is 10.9. The summed E-state index contributed by atoms with van der Waals surface area (Å²) in [4.78, 5) is 0. The Balaban J connectivity index is 2.68. The van der Waals surface area contributed by atoms with Crippen LogP contribution in [0.15, 0.2) is 24.3 Å². The molecule has 0 saturated heterocycles. The largest absolute Gasteiger partial charge is 0.330 e. The molecule has 0 aromatic heterocycles. The average Bonchev–Trinajstić information content (AvgIpc) is 2.27. The quantitative estimate of drug-likeness (QED) is 0.568. The van der Waals surface area contributed by atoms with Gasteiger partial charge in [0, 0.05) is 18.5 Å². The van der Waals surface area contributed by atoms with Crippen molar-refractivity contribution >= 4 is 0 Å². The van der Waals surface area contributed by atoms with E-state index in [0.29, 0.717) is 6.54 Å². The molecule has 1 aromatic rings. The summed E-state index contributed by atoms with van der Waals surface area (Å²) in [5.74, 6) is 6.34. The summed E-state index contributed by atoms with van der Waals surface area (Å²) in [5.41, 5.74) is 7.91. The van der Waals surface area contributed by atoms with Crippen LogP contribution in [0.4, 0.5) is 0 Å². The lowest BCUT2D eigenvalue weighted by atomic mass is 10.1. The molecule has 0 heterocycles. The molecule has 0 radical (unpaired) electrons. The van der Waals surface area contributed by atoms with Crippen LogP contribution in [0.5, 0.6) is 0 Å². The van der Waals surface area contributed by atoms with Gasteiger partial charge in [-0.3, -0.25) is 0 Å². The van der Waals surface area contributed by atoms with E-state index in [2.05, 4.69) is 29.3 Å². The minimum Gasteiger partial charge on any atom is -0.330 e. The molecule has 3 N–H and O–H groups in total. The molecule has 1 rings (SSSR count). The van der Waals surface area contributed by atoms with Crippen molar-refractivity contribution in [3.8, 4) is 11.8 Å². The summed E-state index contributed by atoms with van der Waals surface area (Å²) < 4.78 is 0. The van der Waals surface area contributed by atoms with Crippen molar-refractivity contribution in [1.29, 1.82) is 0 Å². The Hall–Kier alpha value is -1.30. The first-order valence-corrected chi connectivity index (χ1v) is 5.30. The number of hydrogen-bond donors (Lipinski definition) is 2. The van der Waals surface area contributed by atoms with Crippen LogP contribution in [0, 0.1) is 11.8 Å². The lowest BCUT2D eigenvalue weighted by Crippen LogP contribution is -2.06. The fraction of sp³-hybridized carbons (Fsp3) is 0.385. The van der Waals surface area contributed by atoms with E-state index in [9.17, 15) is 0 Å². The maximum atomic E-state index is 5.55. The minimum atomic E-state index is 0.676. The number of nitrogens with one attached hydrogen (secondary N) is 1. The van der Waals surface area contributed by atoms with Gasteiger partial charge >= 0.3 is 0 Å². The smallest absolute Gasteiger partial charge is 0.0277 e. The third-order valence-corrected chi connectivity index (χ3v) is 2.15. The Morgan fingerprint density at radius 1 is 1.33 bits per heavy atom. The molecule has 2 heteroatoms. The van der Waals surface area contributed by atoms with E-state index >= 15 is 0 Å². The monoisotopic (exact) mass is 202 g/mol. The molecule has 0 atom stereocenters. The molecule has 0 bridgehead atoms. The van der Waals surface area contributed by atoms with Crippen LogP contribution < -0.4 is 11.1 Å². The standard InChI is InChI=1S/C13H18N2/c1-15-11-5-4-8-12-6-2-3-7-13(12)9-10-14/h2-3,6-7,15H,5,9-11,14H2,1H3. The van der Waals surface area contributed by atoms with E-state index in [-0.39, 0.29) is 0 Å². The predicted molar refractivity (Wildman–Crippen MR) is 64.6 cm³/mol. The van der Waals surface area contributed by atoms with Gasteiger partial charge in [0.1, 0.15) is 0 Å². The molecule has 0 aliphatic heterocycles. The van der Waals surface area contributed by atoms with Crippen molar-refractivity contribution in [2.45, 2.75) is 12.8 Å². The topological polar surface area (TPSA) is 38.0 Å². The molecule has 0 aliphatic rings. The SMILES string of the molecule is CNCCC#Cc1ccccc1CCN. The van der Waals surface area contributed by atoms with Gasteiger partial charge in [-0.2, -0.15) is 0 Å². The van der Waals surface area contributed by atoms with E-state index in [1.54, 1.807) is 0 Å². The second-order valence-electron chi connectivity index (χ2n) is 3.35. The van der Waals surface area contributed by atoms with Gasteiger partial charge in [-0.1, -0.05) is 30.0 Å². The molecular weight excluding hydrogens is 184 g/mol. The summed E-state index contributed by atoms with van der Waals surface area (Å²) in [6, 6.07) is 8.19. The van der Waals surface area contributed by atoms with Crippen LogP contribution in [-0.2, 0) is 6.42 Å². The second kappa shape index (κ2) is 7.05. The van der Waals surface area contributed by atoms with Crippen LogP contribution in [0.1, 0.15) is 17.5 Å². The van der Waals surface area contributed by atoms with Gasteiger partial charge in [0.2, 0.25) is 0 Å². The van der Waals surface area contributed by atoms with Crippen LogP contribution in [0.2, 0.25) is 0 Å². The number of hydrogen-bond acceptors (Lipinski definition) is 2. The highest BCUT2D eigenvalue weighted by Crippen LogP contribution is 2.07. The van der Waals surface area contributed by atoms with Crippen molar-refractivity contribution in [2.75, 3.05) is 20.1 Å². The first-order chi connectivity index (χ1) is 7.38. The normalized spacial score (nSPS) is 9.47. The number of benzene rings is 1. The van der Waals surface area contributed by atoms with E-state index in [4.69, 9.17) is 5.73 Å². The molecule has 80 valence electrons. The fourth-order valence-corrected chi connectivity index (χ4v) is 1.36. The van der Waals surface area contributed by atoms with Crippen molar-refractivity contribution < 1.29 is 0 Å². The maximum Gasteiger partial charge on any atom is 0.0277 e. The van der Waals surface area contributed by atoms with Crippen LogP contribution in [0.3, 0.4) is 0 Å². The summed E-state index contributed by atoms with van der Waals surface area (Å²) in [6.07, 6.45) is 1.78. The molecule has 15 heavy (non-hydrogen) atoms. The van der Waals surface area contributed by atoms with Crippen LogP contribution >= 0.6 is 0 Å². The highest BCUT2D eigenvalue weighted by molar-refractivity contribution is 5.41. The summed E-state index contributed by atoms with van der Waals surface area (Å²) in [5, 5.41) is 3.07. The molecular formula is C13H18N2. The maximum absolute atomic E-state index is 5.55. The molecule has 0 fully saturated rings. The van der Waals surface area contributed by atoms with Gasteiger partial charge in [-0.25, -0.2) is 0 Å². The zero-order valence-corrected chi connectivity index (χ0v) is 9.22. The average molecular weight is 202 g/mol. The summed E-state index contributed by atoms with van der Waals surface area (Å²) in [7, 11) is 1.93. The Bertz CT molecular complexity index is 347. The van der Waals surface area contributed by atoms with Crippen molar-refractivity contribution in [2.24, 2.45) is 5.73 Å². The van der Waals surface area contributed by atoms with E-state index < -0.39 is 0 Å².